The highest BCUT2D eigenvalue weighted by molar-refractivity contribution is 6.11. The summed E-state index contributed by atoms with van der Waals surface area (Å²) in [5.41, 5.74) is 10.1. The minimum Gasteiger partial charge on any atom is -0.452 e. The zero-order valence-electron chi connectivity index (χ0n) is 29.8. The fourth-order valence-electron chi connectivity index (χ4n) is 7.46. The number of benzene rings is 6. The van der Waals surface area contributed by atoms with Crippen LogP contribution in [0.5, 0.6) is 0 Å². The summed E-state index contributed by atoms with van der Waals surface area (Å²) in [6.07, 6.45) is 1.79. The molecule has 0 fully saturated rings. The Bertz CT molecular complexity index is 3170. The Kier molecular flexibility index (Phi) is 7.31. The number of rotatable bonds is 6. The Morgan fingerprint density at radius 3 is 1.68 bits per heavy atom. The van der Waals surface area contributed by atoms with E-state index >= 15 is 0 Å². The summed E-state index contributed by atoms with van der Waals surface area (Å²) in [6, 6.07) is 57.1. The van der Waals surface area contributed by atoms with Crippen molar-refractivity contribution >= 4 is 43.9 Å². The van der Waals surface area contributed by atoms with E-state index in [0.717, 1.165) is 66.2 Å². The van der Waals surface area contributed by atoms with E-state index in [-0.39, 0.29) is 0 Å². The third kappa shape index (κ3) is 5.31. The second-order valence-electron chi connectivity index (χ2n) is 13.6. The van der Waals surface area contributed by atoms with Gasteiger partial charge in [-0.15, -0.1) is 0 Å². The Morgan fingerprint density at radius 1 is 0.411 bits per heavy atom. The Labute approximate surface area is 320 Å². The van der Waals surface area contributed by atoms with E-state index in [2.05, 4.69) is 71.3 Å². The first-order chi connectivity index (χ1) is 27.7. The molecule has 0 atom stereocenters. The third-order valence-corrected chi connectivity index (χ3v) is 10.1. The maximum Gasteiger partial charge on any atom is 0.181 e. The number of aromatic nitrogens is 7. The first kappa shape index (κ1) is 31.7. The van der Waals surface area contributed by atoms with E-state index in [1.54, 1.807) is 6.20 Å². The summed E-state index contributed by atoms with van der Waals surface area (Å²) in [5.74, 6) is 2.29. The molecule has 11 aromatic rings. The Balaban J connectivity index is 1.06. The number of hydrogen-bond donors (Lipinski definition) is 0. The van der Waals surface area contributed by atoms with Crippen LogP contribution >= 0.6 is 0 Å². The summed E-state index contributed by atoms with van der Waals surface area (Å²) in [7, 11) is 0. The molecule has 0 saturated carbocycles. The van der Waals surface area contributed by atoms with Crippen LogP contribution in [0.25, 0.3) is 107 Å². The van der Waals surface area contributed by atoms with Crippen LogP contribution in [0.1, 0.15) is 0 Å². The van der Waals surface area contributed by atoms with Crippen molar-refractivity contribution in [2.24, 2.45) is 0 Å². The highest BCUT2D eigenvalue weighted by Crippen LogP contribution is 2.38. The molecule has 0 unspecified atom stereocenters. The summed E-state index contributed by atoms with van der Waals surface area (Å²) < 4.78 is 8.75. The molecule has 0 saturated heterocycles. The molecule has 0 amide bonds. The molecule has 0 N–H and O–H groups in total. The van der Waals surface area contributed by atoms with Gasteiger partial charge in [0.25, 0.3) is 0 Å². The maximum atomic E-state index is 6.45. The molecule has 5 heterocycles. The van der Waals surface area contributed by atoms with Crippen molar-refractivity contribution in [3.05, 3.63) is 176 Å². The smallest absolute Gasteiger partial charge is 0.181 e. The number of fused-ring (bicyclic) bond motifs is 6. The molecule has 0 radical (unpaired) electrons. The summed E-state index contributed by atoms with van der Waals surface area (Å²) in [6.45, 7) is 0. The Hall–Kier alpha value is -7.84. The van der Waals surface area contributed by atoms with Crippen molar-refractivity contribution in [2.45, 2.75) is 0 Å². The first-order valence-electron chi connectivity index (χ1n) is 18.4. The van der Waals surface area contributed by atoms with Gasteiger partial charge < -0.3 is 8.98 Å². The van der Waals surface area contributed by atoms with Crippen LogP contribution in [0.3, 0.4) is 0 Å². The van der Waals surface area contributed by atoms with Crippen LogP contribution in [0, 0.1) is 0 Å². The van der Waals surface area contributed by atoms with Gasteiger partial charge >= 0.3 is 0 Å². The van der Waals surface area contributed by atoms with Crippen LogP contribution in [0.4, 0.5) is 0 Å². The standard InChI is InChI=1S/C48H29N7O/c1-4-14-30(15-5-1)45-52-46(31-16-6-2-7-17-31)54-48(53-45)33-24-26-38(49-29-33)43-44-42(36-21-11-13-23-41(36)56-44)50-47(51-43)32-25-27-40-37(28-32)35-20-10-12-22-39(35)55(40)34-18-8-3-9-19-34/h1-29H. The third-order valence-electron chi connectivity index (χ3n) is 10.1. The molecule has 262 valence electrons. The van der Waals surface area contributed by atoms with Gasteiger partial charge in [-0.3, -0.25) is 4.98 Å². The van der Waals surface area contributed by atoms with Crippen LogP contribution in [-0.2, 0) is 0 Å². The van der Waals surface area contributed by atoms with Gasteiger partial charge in [-0.25, -0.2) is 24.9 Å². The predicted molar refractivity (Wildman–Crippen MR) is 222 cm³/mol. The van der Waals surface area contributed by atoms with Crippen molar-refractivity contribution in [1.82, 2.24) is 34.5 Å². The number of nitrogens with zero attached hydrogens (tertiary/aromatic N) is 7. The topological polar surface area (TPSA) is 95.4 Å². The van der Waals surface area contributed by atoms with Gasteiger partial charge in [-0.05, 0) is 60.7 Å². The summed E-state index contributed by atoms with van der Waals surface area (Å²) >= 11 is 0. The molecule has 5 aromatic heterocycles. The second-order valence-corrected chi connectivity index (χ2v) is 13.6. The molecule has 8 nitrogen and oxygen atoms in total. The van der Waals surface area contributed by atoms with Crippen LogP contribution in [0.15, 0.2) is 180 Å². The van der Waals surface area contributed by atoms with Gasteiger partial charge in [-0.2, -0.15) is 0 Å². The number of furan rings is 1. The molecule has 0 aliphatic heterocycles. The molecule has 0 bridgehead atoms. The predicted octanol–water partition coefficient (Wildman–Crippen LogP) is 11.4. The average molecular weight is 720 g/mol. The molecule has 0 aliphatic rings. The monoisotopic (exact) mass is 719 g/mol. The zero-order valence-corrected chi connectivity index (χ0v) is 29.8. The number of pyridine rings is 1. The zero-order chi connectivity index (χ0) is 37.0. The van der Waals surface area contributed by atoms with Crippen LogP contribution in [-0.4, -0.2) is 34.5 Å². The highest BCUT2D eigenvalue weighted by atomic mass is 16.3. The van der Waals surface area contributed by atoms with Gasteiger partial charge in [0.1, 0.15) is 16.8 Å². The van der Waals surface area contributed by atoms with E-state index in [4.69, 9.17) is 34.3 Å². The molecule has 0 aliphatic carbocycles. The SMILES string of the molecule is c1ccc(-c2nc(-c3ccccc3)nc(-c3ccc(-c4nc(-c5ccc6c(c5)c5ccccc5n6-c5ccccc5)nc5c4oc4ccccc45)nc3)n2)cc1. The normalized spacial score (nSPS) is 11.6. The van der Waals surface area contributed by atoms with E-state index in [1.807, 2.05) is 103 Å². The molecule has 8 heteroatoms. The molecule has 11 rings (SSSR count). The number of hydrogen-bond acceptors (Lipinski definition) is 7. The van der Waals surface area contributed by atoms with E-state index in [9.17, 15) is 0 Å². The van der Waals surface area contributed by atoms with Gasteiger partial charge in [0, 0.05) is 50.3 Å². The van der Waals surface area contributed by atoms with Crippen molar-refractivity contribution in [3.63, 3.8) is 0 Å². The van der Waals surface area contributed by atoms with Gasteiger partial charge in [0.05, 0.1) is 16.7 Å². The van der Waals surface area contributed by atoms with Gasteiger partial charge in [-0.1, -0.05) is 109 Å². The minimum absolute atomic E-state index is 0.525. The quantitative estimate of drug-likeness (QED) is 0.169. The lowest BCUT2D eigenvalue weighted by Gasteiger charge is -2.09. The lowest BCUT2D eigenvalue weighted by Crippen LogP contribution is -2.00. The minimum atomic E-state index is 0.525. The lowest BCUT2D eigenvalue weighted by molar-refractivity contribution is 0.667. The average Bonchev–Trinajstić information content (AvgIpc) is 3.82. The fourth-order valence-corrected chi connectivity index (χ4v) is 7.46. The largest absolute Gasteiger partial charge is 0.452 e. The Morgan fingerprint density at radius 2 is 0.982 bits per heavy atom. The maximum absolute atomic E-state index is 6.45. The van der Waals surface area contributed by atoms with Crippen LogP contribution < -0.4 is 0 Å². The van der Waals surface area contributed by atoms with E-state index in [0.29, 0.717) is 40.3 Å². The molecular weight excluding hydrogens is 691 g/mol. The van der Waals surface area contributed by atoms with Crippen molar-refractivity contribution in [2.75, 3.05) is 0 Å². The highest BCUT2D eigenvalue weighted by Gasteiger charge is 2.21. The fraction of sp³-hybridized carbons (Fsp3) is 0. The second kappa shape index (κ2) is 12.9. The van der Waals surface area contributed by atoms with Crippen LogP contribution in [0.2, 0.25) is 0 Å². The van der Waals surface area contributed by atoms with Gasteiger partial charge in [0.2, 0.25) is 0 Å². The molecule has 6 aromatic carbocycles. The lowest BCUT2D eigenvalue weighted by atomic mass is 10.1. The summed E-state index contributed by atoms with van der Waals surface area (Å²) in [4.78, 5) is 29.9. The van der Waals surface area contributed by atoms with Crippen molar-refractivity contribution in [3.8, 4) is 62.6 Å². The molecule has 56 heavy (non-hydrogen) atoms. The van der Waals surface area contributed by atoms with E-state index < -0.39 is 0 Å². The molecule has 0 spiro atoms. The number of para-hydroxylation sites is 3. The van der Waals surface area contributed by atoms with Gasteiger partial charge in [0.15, 0.2) is 28.9 Å². The molecular formula is C48H29N7O. The van der Waals surface area contributed by atoms with Crippen molar-refractivity contribution in [1.29, 1.82) is 0 Å². The summed E-state index contributed by atoms with van der Waals surface area (Å²) in [5, 5.41) is 3.19. The first-order valence-corrected chi connectivity index (χ1v) is 18.4. The van der Waals surface area contributed by atoms with Crippen molar-refractivity contribution < 1.29 is 4.42 Å². The van der Waals surface area contributed by atoms with E-state index in [1.165, 1.54) is 0 Å².